The number of fused-ring (bicyclic) bond motifs is 1. The topological polar surface area (TPSA) is 58.1 Å². The van der Waals surface area contributed by atoms with Gasteiger partial charge in [0.2, 0.25) is 5.91 Å². The van der Waals surface area contributed by atoms with Crippen LogP contribution in [0.3, 0.4) is 0 Å². The third kappa shape index (κ3) is 3.55. The fourth-order valence-electron chi connectivity index (χ4n) is 2.14. The van der Waals surface area contributed by atoms with Gasteiger partial charge in [-0.05, 0) is 39.1 Å². The Morgan fingerprint density at radius 3 is 2.68 bits per heavy atom. The van der Waals surface area contributed by atoms with Gasteiger partial charge < -0.3 is 10.2 Å². The maximum absolute atomic E-state index is 12.4. The molecule has 0 aliphatic heterocycles. The molecule has 2 aromatic rings. The average Bonchev–Trinajstić information content (AvgIpc) is 2.90. The number of rotatable bonds is 4. The van der Waals surface area contributed by atoms with Crippen LogP contribution in [-0.2, 0) is 11.2 Å². The third-order valence-corrected chi connectivity index (χ3v) is 4.27. The van der Waals surface area contributed by atoms with Gasteiger partial charge in [-0.3, -0.25) is 4.79 Å². The predicted octanol–water partition coefficient (Wildman–Crippen LogP) is 2.99. The first-order valence-corrected chi connectivity index (χ1v) is 8.40. The number of nitrogens with zero attached hydrogens (tertiary/aromatic N) is 3. The lowest BCUT2D eigenvalue weighted by molar-refractivity contribution is -0.123. The van der Waals surface area contributed by atoms with Crippen LogP contribution in [-0.4, -0.2) is 34.5 Å². The van der Waals surface area contributed by atoms with Crippen molar-refractivity contribution < 1.29 is 4.79 Å². The van der Waals surface area contributed by atoms with Crippen LogP contribution in [0.25, 0.3) is 10.2 Å². The lowest BCUT2D eigenvalue weighted by Crippen LogP contribution is -2.50. The van der Waals surface area contributed by atoms with E-state index in [1.165, 1.54) is 0 Å². The molecule has 0 spiro atoms. The summed E-state index contributed by atoms with van der Waals surface area (Å²) in [4.78, 5) is 24.5. The quantitative estimate of drug-likeness (QED) is 0.941. The lowest BCUT2D eigenvalue weighted by Gasteiger charge is -2.29. The van der Waals surface area contributed by atoms with Crippen molar-refractivity contribution >= 4 is 33.3 Å². The fourth-order valence-corrected chi connectivity index (χ4v) is 2.92. The molecule has 2 aromatic heterocycles. The van der Waals surface area contributed by atoms with Gasteiger partial charge in [0.05, 0.1) is 5.39 Å². The van der Waals surface area contributed by atoms with Crippen molar-refractivity contribution in [3.05, 3.63) is 17.3 Å². The van der Waals surface area contributed by atoms with Crippen LogP contribution in [0.2, 0.25) is 0 Å². The average molecular weight is 320 g/mol. The molecule has 1 atom stereocenters. The molecule has 2 heterocycles. The zero-order valence-corrected chi connectivity index (χ0v) is 14.9. The first-order valence-electron chi connectivity index (χ1n) is 7.52. The van der Waals surface area contributed by atoms with Gasteiger partial charge in [-0.15, -0.1) is 11.3 Å². The van der Waals surface area contributed by atoms with Crippen LogP contribution >= 0.6 is 11.3 Å². The van der Waals surface area contributed by atoms with E-state index < -0.39 is 0 Å². The summed E-state index contributed by atoms with van der Waals surface area (Å²) >= 11 is 1.60. The molecule has 2 rings (SSSR count). The summed E-state index contributed by atoms with van der Waals surface area (Å²) < 4.78 is 0. The van der Waals surface area contributed by atoms with E-state index in [2.05, 4.69) is 15.3 Å². The number of amides is 1. The van der Waals surface area contributed by atoms with Crippen LogP contribution in [0.1, 0.15) is 40.4 Å². The van der Waals surface area contributed by atoms with E-state index >= 15 is 0 Å². The number of anilines is 1. The van der Waals surface area contributed by atoms with E-state index in [0.717, 1.165) is 28.3 Å². The van der Waals surface area contributed by atoms with Gasteiger partial charge in [-0.2, -0.15) is 0 Å². The minimum Gasteiger partial charge on any atom is -0.350 e. The summed E-state index contributed by atoms with van der Waals surface area (Å²) in [6.07, 6.45) is 0.775. The maximum Gasteiger partial charge on any atom is 0.242 e. The monoisotopic (exact) mass is 320 g/mol. The number of carbonyl (C=O) groups is 1. The molecular weight excluding hydrogens is 296 g/mol. The first kappa shape index (κ1) is 16.7. The van der Waals surface area contributed by atoms with Crippen molar-refractivity contribution in [3.63, 3.8) is 0 Å². The molecule has 0 aromatic carbocycles. The van der Waals surface area contributed by atoms with Crippen molar-refractivity contribution in [1.29, 1.82) is 0 Å². The molecule has 0 fully saturated rings. The Hall–Kier alpha value is -1.69. The minimum atomic E-state index is -0.304. The third-order valence-electron chi connectivity index (χ3n) is 3.46. The van der Waals surface area contributed by atoms with Crippen LogP contribution in [0.15, 0.2) is 11.4 Å². The second kappa shape index (κ2) is 6.20. The van der Waals surface area contributed by atoms with Crippen molar-refractivity contribution in [2.24, 2.45) is 0 Å². The van der Waals surface area contributed by atoms with Gasteiger partial charge in [0, 0.05) is 19.0 Å². The number of carbonyl (C=O) groups excluding carboxylic acids is 1. The van der Waals surface area contributed by atoms with Crippen LogP contribution < -0.4 is 10.2 Å². The molecule has 0 aliphatic rings. The summed E-state index contributed by atoms with van der Waals surface area (Å²) in [5.74, 6) is 1.62. The number of nitrogens with one attached hydrogen (secondary N) is 1. The number of aromatic nitrogens is 2. The van der Waals surface area contributed by atoms with E-state index in [1.807, 2.05) is 58.0 Å². The predicted molar refractivity (Wildman–Crippen MR) is 92.6 cm³/mol. The van der Waals surface area contributed by atoms with Gasteiger partial charge in [0.15, 0.2) is 0 Å². The van der Waals surface area contributed by atoms with Crippen LogP contribution in [0.5, 0.6) is 0 Å². The Morgan fingerprint density at radius 2 is 2.09 bits per heavy atom. The Labute approximate surface area is 135 Å². The van der Waals surface area contributed by atoms with Crippen molar-refractivity contribution in [3.8, 4) is 0 Å². The lowest BCUT2D eigenvalue weighted by atomic mass is 10.1. The molecule has 6 heteroatoms. The van der Waals surface area contributed by atoms with E-state index in [1.54, 1.807) is 11.3 Å². The highest BCUT2D eigenvalue weighted by Crippen LogP contribution is 2.28. The largest absolute Gasteiger partial charge is 0.350 e. The van der Waals surface area contributed by atoms with Gasteiger partial charge in [-0.25, -0.2) is 9.97 Å². The van der Waals surface area contributed by atoms with Crippen LogP contribution in [0.4, 0.5) is 5.82 Å². The van der Waals surface area contributed by atoms with E-state index in [9.17, 15) is 4.79 Å². The molecule has 1 unspecified atom stereocenters. The van der Waals surface area contributed by atoms with E-state index in [0.29, 0.717) is 0 Å². The Morgan fingerprint density at radius 1 is 1.41 bits per heavy atom. The SMILES string of the molecule is CCc1nc(N(C)C(C)C(=O)NC(C)(C)C)c2ccsc2n1. The summed E-state index contributed by atoms with van der Waals surface area (Å²) in [5, 5.41) is 6.03. The Bertz CT molecular complexity index is 674. The zero-order chi connectivity index (χ0) is 16.5. The van der Waals surface area contributed by atoms with Crippen molar-refractivity contribution in [2.75, 3.05) is 11.9 Å². The van der Waals surface area contributed by atoms with Crippen molar-refractivity contribution in [1.82, 2.24) is 15.3 Å². The Kier molecular flexibility index (Phi) is 4.70. The van der Waals surface area contributed by atoms with Gasteiger partial charge in [-0.1, -0.05) is 6.92 Å². The smallest absolute Gasteiger partial charge is 0.242 e. The molecule has 0 bridgehead atoms. The molecule has 1 amide bonds. The number of likely N-dealkylation sites (N-methyl/N-ethyl adjacent to an activating group) is 1. The summed E-state index contributed by atoms with van der Waals surface area (Å²) in [7, 11) is 1.91. The minimum absolute atomic E-state index is 0.00459. The number of hydrogen-bond donors (Lipinski definition) is 1. The Balaban J connectivity index is 2.34. The highest BCUT2D eigenvalue weighted by Gasteiger charge is 2.25. The summed E-state index contributed by atoms with van der Waals surface area (Å²) in [6.45, 7) is 9.87. The summed E-state index contributed by atoms with van der Waals surface area (Å²) in [5.41, 5.74) is -0.246. The molecule has 0 saturated heterocycles. The number of hydrogen-bond acceptors (Lipinski definition) is 5. The first-order chi connectivity index (χ1) is 10.2. The normalized spacial score (nSPS) is 13.2. The van der Waals surface area contributed by atoms with Gasteiger partial charge in [0.25, 0.3) is 0 Å². The van der Waals surface area contributed by atoms with Gasteiger partial charge >= 0.3 is 0 Å². The van der Waals surface area contributed by atoms with E-state index in [-0.39, 0.29) is 17.5 Å². The second-order valence-electron chi connectivity index (χ2n) is 6.48. The summed E-state index contributed by atoms with van der Waals surface area (Å²) in [6, 6.07) is 1.71. The maximum atomic E-state index is 12.4. The molecule has 0 saturated carbocycles. The molecule has 0 radical (unpaired) electrons. The molecule has 5 nitrogen and oxygen atoms in total. The van der Waals surface area contributed by atoms with Crippen molar-refractivity contribution in [2.45, 2.75) is 52.6 Å². The standard InChI is InChI=1S/C16H24N4OS/c1-7-12-17-13(11-8-9-22-15(11)18-12)20(6)10(2)14(21)19-16(3,4)5/h8-10H,7H2,1-6H3,(H,19,21). The van der Waals surface area contributed by atoms with Gasteiger partial charge in [0.1, 0.15) is 22.5 Å². The fraction of sp³-hybridized carbons (Fsp3) is 0.562. The molecule has 120 valence electrons. The highest BCUT2D eigenvalue weighted by molar-refractivity contribution is 7.16. The number of aryl methyl sites for hydroxylation is 1. The van der Waals surface area contributed by atoms with E-state index in [4.69, 9.17) is 0 Å². The molecular formula is C16H24N4OS. The second-order valence-corrected chi connectivity index (χ2v) is 7.38. The molecule has 0 aliphatic carbocycles. The highest BCUT2D eigenvalue weighted by atomic mass is 32.1. The molecule has 22 heavy (non-hydrogen) atoms. The van der Waals surface area contributed by atoms with Crippen LogP contribution in [0, 0.1) is 0 Å². The number of thiophene rings is 1. The zero-order valence-electron chi connectivity index (χ0n) is 14.1. The molecule has 1 N–H and O–H groups in total.